The van der Waals surface area contributed by atoms with Crippen molar-refractivity contribution in [2.24, 2.45) is 10.4 Å². The van der Waals surface area contributed by atoms with Crippen LogP contribution in [0.5, 0.6) is 0 Å². The van der Waals surface area contributed by atoms with Crippen LogP contribution < -0.4 is 4.90 Å². The fourth-order valence-corrected chi connectivity index (χ4v) is 3.65. The summed E-state index contributed by atoms with van der Waals surface area (Å²) in [6, 6.07) is 11.2. The summed E-state index contributed by atoms with van der Waals surface area (Å²) in [6.07, 6.45) is 0.688. The van der Waals surface area contributed by atoms with E-state index in [1.54, 1.807) is 13.0 Å². The lowest BCUT2D eigenvalue weighted by Gasteiger charge is -2.31. The molecule has 3 nitrogen and oxygen atoms in total. The van der Waals surface area contributed by atoms with Crippen LogP contribution in [0.25, 0.3) is 0 Å². The number of hydrogen-bond acceptors (Lipinski definition) is 3. The van der Waals surface area contributed by atoms with Gasteiger partial charge in [-0.1, -0.05) is 12.1 Å². The fraction of sp³-hybridized carbons (Fsp3) is 0.300. The van der Waals surface area contributed by atoms with E-state index < -0.39 is 5.41 Å². The summed E-state index contributed by atoms with van der Waals surface area (Å²) in [5.74, 6) is 0.394. The zero-order chi connectivity index (χ0) is 17.1. The Labute approximate surface area is 140 Å². The second-order valence-electron chi connectivity index (χ2n) is 6.96. The smallest absolute Gasteiger partial charge is 0.178 e. The number of Topliss-reactive ketones (excluding diaryl/α,β-unsaturated/α-hetero) is 1. The Morgan fingerprint density at radius 3 is 2.75 bits per heavy atom. The molecule has 0 spiro atoms. The minimum absolute atomic E-state index is 0.0310. The molecule has 122 valence electrons. The molecule has 0 radical (unpaired) electrons. The highest BCUT2D eigenvalue weighted by atomic mass is 19.1. The predicted octanol–water partition coefficient (Wildman–Crippen LogP) is 4.59. The molecule has 0 amide bonds. The van der Waals surface area contributed by atoms with Crippen LogP contribution in [0.3, 0.4) is 0 Å². The van der Waals surface area contributed by atoms with Crippen LogP contribution in [0, 0.1) is 25.1 Å². The third kappa shape index (κ3) is 2.02. The molecule has 0 unspecified atom stereocenters. The lowest BCUT2D eigenvalue weighted by atomic mass is 9.78. The average molecular weight is 322 g/mol. The number of nitrogens with zero attached hydrogens (tertiary/aromatic N) is 2. The van der Waals surface area contributed by atoms with Crippen molar-refractivity contribution in [3.05, 3.63) is 58.9 Å². The quantitative estimate of drug-likeness (QED) is 0.769. The lowest BCUT2D eigenvalue weighted by molar-refractivity contribution is 0.0887. The van der Waals surface area contributed by atoms with E-state index in [-0.39, 0.29) is 11.6 Å². The molecule has 4 heteroatoms. The first-order valence-electron chi connectivity index (χ1n) is 8.18. The van der Waals surface area contributed by atoms with Gasteiger partial charge in [-0.05, 0) is 62.6 Å². The maximum Gasteiger partial charge on any atom is 0.178 e. The third-order valence-electron chi connectivity index (χ3n) is 5.15. The number of carbonyl (C=O) groups excluding carboxylic acids is 1. The maximum atomic E-state index is 13.9. The topological polar surface area (TPSA) is 32.7 Å². The van der Waals surface area contributed by atoms with Gasteiger partial charge in [0.15, 0.2) is 5.78 Å². The molecule has 1 atom stereocenters. The van der Waals surface area contributed by atoms with Gasteiger partial charge in [-0.2, -0.15) is 0 Å². The summed E-state index contributed by atoms with van der Waals surface area (Å²) in [6.45, 7) is 6.40. The van der Waals surface area contributed by atoms with Gasteiger partial charge in [-0.25, -0.2) is 9.38 Å². The van der Waals surface area contributed by atoms with Crippen LogP contribution in [-0.4, -0.2) is 18.2 Å². The average Bonchev–Trinajstić information content (AvgIpc) is 2.88. The summed E-state index contributed by atoms with van der Waals surface area (Å²) in [7, 11) is 0. The van der Waals surface area contributed by atoms with Gasteiger partial charge in [0.1, 0.15) is 11.7 Å². The van der Waals surface area contributed by atoms with E-state index >= 15 is 0 Å². The lowest BCUT2D eigenvalue weighted by Crippen LogP contribution is -2.40. The van der Waals surface area contributed by atoms with E-state index in [4.69, 9.17) is 4.99 Å². The summed E-state index contributed by atoms with van der Waals surface area (Å²) >= 11 is 0. The number of anilines is 1. The molecule has 24 heavy (non-hydrogen) atoms. The van der Waals surface area contributed by atoms with Gasteiger partial charge < -0.3 is 4.90 Å². The number of carbonyl (C=O) groups is 1. The van der Waals surface area contributed by atoms with Crippen molar-refractivity contribution in [3.8, 4) is 0 Å². The van der Waals surface area contributed by atoms with Crippen molar-refractivity contribution in [1.82, 2.24) is 0 Å². The van der Waals surface area contributed by atoms with Gasteiger partial charge in [0.05, 0.1) is 11.1 Å². The Morgan fingerprint density at radius 1 is 1.21 bits per heavy atom. The van der Waals surface area contributed by atoms with E-state index in [9.17, 15) is 9.18 Å². The van der Waals surface area contributed by atoms with Crippen molar-refractivity contribution >= 4 is 23.0 Å². The molecule has 0 N–H and O–H groups in total. The van der Waals surface area contributed by atoms with Crippen LogP contribution in [0.4, 0.5) is 15.8 Å². The Kier molecular flexibility index (Phi) is 3.14. The second-order valence-corrected chi connectivity index (χ2v) is 6.96. The van der Waals surface area contributed by atoms with E-state index in [0.29, 0.717) is 23.2 Å². The predicted molar refractivity (Wildman–Crippen MR) is 93.8 cm³/mol. The van der Waals surface area contributed by atoms with Crippen molar-refractivity contribution < 1.29 is 9.18 Å². The minimum atomic E-state index is -0.682. The van der Waals surface area contributed by atoms with Crippen LogP contribution in [0.2, 0.25) is 0 Å². The molecule has 1 fully saturated rings. The van der Waals surface area contributed by atoms with E-state index in [1.807, 2.05) is 32.0 Å². The summed E-state index contributed by atoms with van der Waals surface area (Å²) < 4.78 is 13.9. The summed E-state index contributed by atoms with van der Waals surface area (Å²) in [5, 5.41) is 0. The van der Waals surface area contributed by atoms with E-state index in [2.05, 4.69) is 11.0 Å². The first kappa shape index (κ1) is 15.1. The van der Waals surface area contributed by atoms with Gasteiger partial charge >= 0.3 is 0 Å². The largest absolute Gasteiger partial charge is 0.329 e. The number of fused-ring (bicyclic) bond motifs is 2. The number of amidine groups is 1. The van der Waals surface area contributed by atoms with E-state index in [1.165, 1.54) is 11.6 Å². The highest BCUT2D eigenvalue weighted by molar-refractivity contribution is 6.25. The number of ketones is 1. The Balaban J connectivity index is 1.89. The van der Waals surface area contributed by atoms with Crippen LogP contribution in [0.15, 0.2) is 41.4 Å². The zero-order valence-electron chi connectivity index (χ0n) is 14.1. The molecule has 0 aromatic heterocycles. The van der Waals surface area contributed by atoms with Crippen LogP contribution in [0.1, 0.15) is 34.8 Å². The number of hydrogen-bond donors (Lipinski definition) is 0. The van der Waals surface area contributed by atoms with Crippen molar-refractivity contribution in [2.45, 2.75) is 27.2 Å². The SMILES string of the molecule is Cc1cccc(N2CC[C@@]3(C)C(=O)c4cc(F)c(C)cc4N=C23)c1. The Hall–Kier alpha value is -2.49. The van der Waals surface area contributed by atoms with Gasteiger partial charge in [0.2, 0.25) is 0 Å². The molecular formula is C20H19FN2O. The number of aliphatic imine (C=N–C) groups is 1. The molecule has 2 aromatic rings. The first-order valence-corrected chi connectivity index (χ1v) is 8.18. The highest BCUT2D eigenvalue weighted by Crippen LogP contribution is 2.45. The number of benzene rings is 2. The molecule has 0 aliphatic carbocycles. The molecular weight excluding hydrogens is 303 g/mol. The third-order valence-corrected chi connectivity index (χ3v) is 5.15. The Morgan fingerprint density at radius 2 is 2.00 bits per heavy atom. The first-order chi connectivity index (χ1) is 11.4. The molecule has 2 aliphatic heterocycles. The molecule has 4 rings (SSSR count). The van der Waals surface area contributed by atoms with Gasteiger partial charge in [-0.3, -0.25) is 4.79 Å². The van der Waals surface area contributed by atoms with Gasteiger partial charge in [-0.15, -0.1) is 0 Å². The number of aryl methyl sites for hydroxylation is 2. The second kappa shape index (κ2) is 5.00. The minimum Gasteiger partial charge on any atom is -0.329 e. The molecule has 2 aromatic carbocycles. The molecule has 2 heterocycles. The fourth-order valence-electron chi connectivity index (χ4n) is 3.65. The zero-order valence-corrected chi connectivity index (χ0v) is 14.1. The Bertz CT molecular complexity index is 903. The highest BCUT2D eigenvalue weighted by Gasteiger charge is 2.50. The van der Waals surface area contributed by atoms with Gasteiger partial charge in [0, 0.05) is 17.8 Å². The standard InChI is InChI=1S/C20H19FN2O/c1-12-5-4-6-14(9-12)23-8-7-20(3)18(24)15-11-16(21)13(2)10-17(15)22-19(20)23/h4-6,9-11H,7-8H2,1-3H3/t20-/m0/s1. The van der Waals surface area contributed by atoms with Crippen molar-refractivity contribution in [1.29, 1.82) is 0 Å². The molecule has 0 saturated carbocycles. The molecule has 2 aliphatic rings. The molecule has 0 bridgehead atoms. The van der Waals surface area contributed by atoms with Gasteiger partial charge in [0.25, 0.3) is 0 Å². The molecule has 1 saturated heterocycles. The van der Waals surface area contributed by atoms with Crippen molar-refractivity contribution in [2.75, 3.05) is 11.4 Å². The summed E-state index contributed by atoms with van der Waals surface area (Å²) in [4.78, 5) is 19.9. The van der Waals surface area contributed by atoms with Crippen molar-refractivity contribution in [3.63, 3.8) is 0 Å². The normalized spacial score (nSPS) is 22.2. The van der Waals surface area contributed by atoms with Crippen LogP contribution >= 0.6 is 0 Å². The number of rotatable bonds is 1. The van der Waals surface area contributed by atoms with E-state index in [0.717, 1.165) is 18.1 Å². The number of halogens is 1. The summed E-state index contributed by atoms with van der Waals surface area (Å²) in [5.41, 5.74) is 3.02. The maximum absolute atomic E-state index is 13.9. The van der Waals surface area contributed by atoms with Crippen LogP contribution in [-0.2, 0) is 0 Å². The monoisotopic (exact) mass is 322 g/mol.